The predicted molar refractivity (Wildman–Crippen MR) is 243 cm³/mol. The van der Waals surface area contributed by atoms with Crippen molar-refractivity contribution in [1.29, 1.82) is 0 Å². The van der Waals surface area contributed by atoms with Crippen LogP contribution in [0.15, 0.2) is 91.1 Å². The van der Waals surface area contributed by atoms with Crippen LogP contribution in [0.5, 0.6) is 0 Å². The van der Waals surface area contributed by atoms with Crippen LogP contribution in [0, 0.1) is 5.82 Å². The van der Waals surface area contributed by atoms with Crippen molar-refractivity contribution < 1.29 is 57.8 Å². The summed E-state index contributed by atoms with van der Waals surface area (Å²) in [6.07, 6.45) is -3.65. The highest BCUT2D eigenvalue weighted by Gasteiger charge is 2.45. The zero-order valence-electron chi connectivity index (χ0n) is 38.2. The number of anilines is 1. The van der Waals surface area contributed by atoms with Gasteiger partial charge in [0.25, 0.3) is 5.91 Å². The lowest BCUT2D eigenvalue weighted by molar-refractivity contribution is -0.300. The minimum absolute atomic E-state index is 0.00203. The molecule has 18 heteroatoms. The molecule has 0 radical (unpaired) electrons. The zero-order valence-corrected chi connectivity index (χ0v) is 38.2. The maximum absolute atomic E-state index is 14.5. The summed E-state index contributed by atoms with van der Waals surface area (Å²) in [4.78, 5) is 39.5. The van der Waals surface area contributed by atoms with Crippen LogP contribution in [0.25, 0.3) is 22.4 Å². The van der Waals surface area contributed by atoms with E-state index in [9.17, 15) is 34.1 Å². The molecule has 0 unspecified atom stereocenters. The number of rotatable bonds is 18. The molecule has 2 amide bonds. The fourth-order valence-electron chi connectivity index (χ4n) is 8.79. The number of hydrogen-bond donors (Lipinski definition) is 5. The highest BCUT2D eigenvalue weighted by Crippen LogP contribution is 2.43. The number of benzene rings is 3. The van der Waals surface area contributed by atoms with E-state index in [2.05, 4.69) is 25.5 Å². The van der Waals surface area contributed by atoms with E-state index in [0.29, 0.717) is 36.3 Å². The molecule has 7 rings (SSSR count). The van der Waals surface area contributed by atoms with Crippen LogP contribution >= 0.6 is 0 Å². The number of amides is 2. The molecule has 0 spiro atoms. The molecule has 3 aromatic carbocycles. The second kappa shape index (κ2) is 21.8. The number of para-hydroxylation sites is 1. The fraction of sp³-hybridized carbons (Fsp3) is 0.449. The topological polar surface area (TPSA) is 218 Å². The standard InChI is InChI=1S/C49H59FN6O11/c1-29(2)43-41(47(62)52-34-14-10-7-11-15-34)40(31-12-8-6-9-13-31)44(32-16-18-33(50)19-17-32)56(43)21-20-36-24-37(67-49(4,5)66-36)25-39(59)64-28-35-26-55(54-53-35)22-23-63-48-42(51-30(3)58)46(61)45(60)38(27-57)65-48/h6-19,26,29,36-38,42,45-46,48,57,60-61H,20-25,27-28H2,1-5H3,(H,51,58)(H,52,62)/t36-,37-,38-,42-,45+,46-,48-/m1/s1. The number of ether oxygens (including phenoxy) is 5. The van der Waals surface area contributed by atoms with Gasteiger partial charge in [-0.3, -0.25) is 14.4 Å². The number of esters is 1. The number of aliphatic hydroxyl groups is 3. The Bertz CT molecular complexity index is 2450. The van der Waals surface area contributed by atoms with Gasteiger partial charge in [0.05, 0.1) is 55.8 Å². The summed E-state index contributed by atoms with van der Waals surface area (Å²) in [5.41, 5.74) is 5.45. The van der Waals surface area contributed by atoms with Crippen molar-refractivity contribution in [3.05, 3.63) is 114 Å². The van der Waals surface area contributed by atoms with E-state index in [1.807, 2.05) is 74.5 Å². The summed E-state index contributed by atoms with van der Waals surface area (Å²) in [7, 11) is 0. The second-order valence-electron chi connectivity index (χ2n) is 17.5. The molecule has 2 saturated heterocycles. The van der Waals surface area contributed by atoms with Crippen molar-refractivity contribution in [1.82, 2.24) is 24.9 Å². The number of hydrogen-bond acceptors (Lipinski definition) is 13. The van der Waals surface area contributed by atoms with Crippen molar-refractivity contribution >= 4 is 23.5 Å². The highest BCUT2D eigenvalue weighted by molar-refractivity contribution is 6.12. The van der Waals surface area contributed by atoms with Crippen LogP contribution in [0.3, 0.4) is 0 Å². The van der Waals surface area contributed by atoms with Gasteiger partial charge in [0.2, 0.25) is 5.91 Å². The van der Waals surface area contributed by atoms with Gasteiger partial charge in [-0.15, -0.1) is 5.10 Å². The summed E-state index contributed by atoms with van der Waals surface area (Å²) in [6.45, 7) is 8.82. The monoisotopic (exact) mass is 926 g/mol. The molecule has 0 bridgehead atoms. The number of carbonyl (C=O) groups excluding carboxylic acids is 3. The first kappa shape index (κ1) is 49.1. The van der Waals surface area contributed by atoms with Crippen LogP contribution in [0.2, 0.25) is 0 Å². The van der Waals surface area contributed by atoms with Gasteiger partial charge in [-0.05, 0) is 73.7 Å². The van der Waals surface area contributed by atoms with E-state index in [1.165, 1.54) is 23.7 Å². The minimum Gasteiger partial charge on any atom is -0.459 e. The summed E-state index contributed by atoms with van der Waals surface area (Å²) >= 11 is 0. The Morgan fingerprint density at radius 1 is 0.925 bits per heavy atom. The van der Waals surface area contributed by atoms with Gasteiger partial charge in [0.1, 0.15) is 42.5 Å². The Hall–Kier alpha value is -5.86. The minimum atomic E-state index is -1.44. The number of nitrogens with one attached hydrogen (secondary N) is 2. The smallest absolute Gasteiger partial charge is 0.308 e. The number of nitrogens with zero attached hydrogens (tertiary/aromatic N) is 4. The molecule has 5 aromatic rings. The van der Waals surface area contributed by atoms with Crippen molar-refractivity contribution in [2.45, 2.75) is 128 Å². The van der Waals surface area contributed by atoms with E-state index < -0.39 is 61.0 Å². The first-order valence-corrected chi connectivity index (χ1v) is 22.5. The fourth-order valence-corrected chi connectivity index (χ4v) is 8.79. The first-order chi connectivity index (χ1) is 32.1. The van der Waals surface area contributed by atoms with E-state index in [0.717, 1.165) is 28.1 Å². The molecule has 0 aliphatic carbocycles. The van der Waals surface area contributed by atoms with Crippen molar-refractivity contribution in [2.75, 3.05) is 18.5 Å². The van der Waals surface area contributed by atoms with Crippen LogP contribution in [0.1, 0.15) is 81.5 Å². The molecule has 2 aliphatic rings. The van der Waals surface area contributed by atoms with Crippen molar-refractivity contribution in [2.24, 2.45) is 0 Å². The third-order valence-electron chi connectivity index (χ3n) is 11.6. The Balaban J connectivity index is 1.02. The van der Waals surface area contributed by atoms with Crippen molar-refractivity contribution in [3.8, 4) is 22.4 Å². The molecule has 17 nitrogen and oxygen atoms in total. The molecule has 2 fully saturated rings. The highest BCUT2D eigenvalue weighted by atomic mass is 19.1. The number of carbonyl (C=O) groups is 3. The normalized spacial score (nSPS) is 22.6. The quantitative estimate of drug-likeness (QED) is 0.0704. The molecule has 67 heavy (non-hydrogen) atoms. The van der Waals surface area contributed by atoms with E-state index in [-0.39, 0.29) is 49.9 Å². The molecule has 0 saturated carbocycles. The van der Waals surface area contributed by atoms with Gasteiger partial charge < -0.3 is 54.2 Å². The van der Waals surface area contributed by atoms with Crippen LogP contribution in [-0.2, 0) is 53.0 Å². The molecule has 7 atom stereocenters. The predicted octanol–water partition coefficient (Wildman–Crippen LogP) is 5.32. The van der Waals surface area contributed by atoms with Crippen molar-refractivity contribution in [3.63, 3.8) is 0 Å². The lowest BCUT2D eigenvalue weighted by atomic mass is 9.94. The molecule has 4 heterocycles. The van der Waals surface area contributed by atoms with Gasteiger partial charge in [0.15, 0.2) is 12.1 Å². The molecule has 5 N–H and O–H groups in total. The zero-order chi connectivity index (χ0) is 47.8. The Kier molecular flexibility index (Phi) is 16.0. The van der Waals surface area contributed by atoms with Gasteiger partial charge in [-0.1, -0.05) is 67.6 Å². The SMILES string of the molecule is CC(=O)N[C@H]1[C@H](OCCn2cc(COC(=O)C[C@H]3C[C@@H](CCn4c(-c5ccc(F)cc5)c(-c5ccccc5)c(C(=O)Nc5ccccc5)c4C(C)C)OC(C)(C)O3)nn2)O[C@H](CO)[C@H](O)[C@@H]1O. The molecular weight excluding hydrogens is 868 g/mol. The second-order valence-corrected chi connectivity index (χ2v) is 17.5. The van der Waals surface area contributed by atoms with Crippen LogP contribution < -0.4 is 10.6 Å². The van der Waals surface area contributed by atoms with E-state index in [1.54, 1.807) is 32.2 Å². The van der Waals surface area contributed by atoms with Crippen LogP contribution in [0.4, 0.5) is 10.1 Å². The Morgan fingerprint density at radius 2 is 1.61 bits per heavy atom. The van der Waals surface area contributed by atoms with E-state index >= 15 is 0 Å². The summed E-state index contributed by atoms with van der Waals surface area (Å²) in [5.74, 6) is -2.76. The van der Waals surface area contributed by atoms with Gasteiger partial charge in [-0.25, -0.2) is 9.07 Å². The number of halogens is 1. The maximum Gasteiger partial charge on any atom is 0.308 e. The number of aromatic nitrogens is 4. The lowest BCUT2D eigenvalue weighted by Crippen LogP contribution is -2.64. The molecular formula is C49H59FN6O11. The summed E-state index contributed by atoms with van der Waals surface area (Å²) in [6, 6.07) is 24.2. The summed E-state index contributed by atoms with van der Waals surface area (Å²) in [5, 5.41) is 44.1. The van der Waals surface area contributed by atoms with Gasteiger partial charge in [0, 0.05) is 36.8 Å². The molecule has 2 aliphatic heterocycles. The molecule has 358 valence electrons. The number of aliphatic hydroxyl groups excluding tert-OH is 3. The van der Waals surface area contributed by atoms with E-state index in [4.69, 9.17) is 23.7 Å². The van der Waals surface area contributed by atoms with Crippen LogP contribution in [-0.4, -0.2) is 115 Å². The largest absolute Gasteiger partial charge is 0.459 e. The Labute approximate surface area is 388 Å². The third kappa shape index (κ3) is 12.2. The average Bonchev–Trinajstić information content (AvgIpc) is 3.90. The molecule has 2 aromatic heterocycles. The summed E-state index contributed by atoms with van der Waals surface area (Å²) < 4.78 is 47.7. The first-order valence-electron chi connectivity index (χ1n) is 22.5. The average molecular weight is 927 g/mol. The van der Waals surface area contributed by atoms with Gasteiger partial charge in [-0.2, -0.15) is 0 Å². The maximum atomic E-state index is 14.5. The Morgan fingerprint density at radius 3 is 2.28 bits per heavy atom. The van der Waals surface area contributed by atoms with Gasteiger partial charge >= 0.3 is 5.97 Å². The third-order valence-corrected chi connectivity index (χ3v) is 11.6. The lowest BCUT2D eigenvalue weighted by Gasteiger charge is -2.42.